The molecule has 3 amide bonds. The number of methoxy groups -OCH3 is 2. The number of anilines is 1. The van der Waals surface area contributed by atoms with Crippen LogP contribution in [0.4, 0.5) is 10.5 Å². The predicted octanol–water partition coefficient (Wildman–Crippen LogP) is 2.23. The van der Waals surface area contributed by atoms with Gasteiger partial charge in [-0.2, -0.15) is 5.10 Å². The lowest BCUT2D eigenvalue weighted by molar-refractivity contribution is -0.117. The molecule has 0 aromatic heterocycles. The Kier molecular flexibility index (Phi) is 8.30. The molecule has 0 aliphatic carbocycles. The summed E-state index contributed by atoms with van der Waals surface area (Å²) < 4.78 is 11.1. The molecular formula is C27H36N6O4. The first-order valence-corrected chi connectivity index (χ1v) is 12.5. The molecule has 0 bridgehead atoms. The highest BCUT2D eigenvalue weighted by Crippen LogP contribution is 2.34. The number of ether oxygens (including phenoxy) is 2. The van der Waals surface area contributed by atoms with Gasteiger partial charge in [0.2, 0.25) is 5.91 Å². The second-order valence-corrected chi connectivity index (χ2v) is 9.47. The number of likely N-dealkylation sites (N-methyl/N-ethyl adjacent to an activating group) is 1. The number of benzene rings is 2. The quantitative estimate of drug-likeness (QED) is 0.621. The molecule has 4 rings (SSSR count). The van der Waals surface area contributed by atoms with E-state index in [1.165, 1.54) is 5.01 Å². The van der Waals surface area contributed by atoms with Crippen molar-refractivity contribution in [3.8, 4) is 11.5 Å². The smallest absolute Gasteiger partial charge is 0.337 e. The van der Waals surface area contributed by atoms with E-state index in [1.807, 2.05) is 43.3 Å². The molecule has 198 valence electrons. The predicted molar refractivity (Wildman–Crippen MR) is 144 cm³/mol. The molecular weight excluding hydrogens is 472 g/mol. The third kappa shape index (κ3) is 6.03. The number of hydrogen-bond acceptors (Lipinski definition) is 7. The van der Waals surface area contributed by atoms with Crippen LogP contribution in [0, 0.1) is 0 Å². The summed E-state index contributed by atoms with van der Waals surface area (Å²) in [5, 5.41) is 11.9. The maximum Gasteiger partial charge on any atom is 0.337 e. The number of amides is 3. The van der Waals surface area contributed by atoms with Gasteiger partial charge in [-0.15, -0.1) is 0 Å². The minimum Gasteiger partial charge on any atom is -0.493 e. The second-order valence-electron chi connectivity index (χ2n) is 9.47. The van der Waals surface area contributed by atoms with Gasteiger partial charge in [-0.05, 0) is 50.2 Å². The van der Waals surface area contributed by atoms with Crippen molar-refractivity contribution in [3.05, 3.63) is 53.1 Å². The van der Waals surface area contributed by atoms with Gasteiger partial charge in [-0.1, -0.05) is 12.1 Å². The zero-order chi connectivity index (χ0) is 26.5. The summed E-state index contributed by atoms with van der Waals surface area (Å²) in [7, 11) is 6.88. The third-order valence-electron chi connectivity index (χ3n) is 6.83. The number of urea groups is 1. The zero-order valence-corrected chi connectivity index (χ0v) is 22.2. The fraction of sp³-hybridized carbons (Fsp3) is 0.444. The van der Waals surface area contributed by atoms with E-state index in [4.69, 9.17) is 14.6 Å². The lowest BCUT2D eigenvalue weighted by Gasteiger charge is -2.31. The SMILES string of the molecule is CNC(=O)N1N=C(c2ccc(NC(=O)CN3CCN(C)CC3)cc2)c2cc(OC)c(OC)cc2C[C@H]1C. The molecule has 2 aliphatic heterocycles. The lowest BCUT2D eigenvalue weighted by atomic mass is 9.94. The van der Waals surface area contributed by atoms with Gasteiger partial charge in [0.1, 0.15) is 0 Å². The normalized spacial score (nSPS) is 18.4. The minimum absolute atomic E-state index is 0.0362. The first-order valence-electron chi connectivity index (χ1n) is 12.5. The molecule has 10 nitrogen and oxygen atoms in total. The number of rotatable bonds is 6. The van der Waals surface area contributed by atoms with Crippen molar-refractivity contribution in [2.24, 2.45) is 5.10 Å². The Hall–Kier alpha value is -3.63. The van der Waals surface area contributed by atoms with Gasteiger partial charge >= 0.3 is 6.03 Å². The van der Waals surface area contributed by atoms with Crippen molar-refractivity contribution in [1.82, 2.24) is 20.1 Å². The maximum atomic E-state index is 12.7. The average molecular weight is 509 g/mol. The Labute approximate surface area is 218 Å². The van der Waals surface area contributed by atoms with Crippen molar-refractivity contribution in [2.45, 2.75) is 19.4 Å². The number of fused-ring (bicyclic) bond motifs is 1. The molecule has 0 saturated carbocycles. The number of hydrogen-bond donors (Lipinski definition) is 2. The largest absolute Gasteiger partial charge is 0.493 e. The highest BCUT2D eigenvalue weighted by Gasteiger charge is 2.28. The molecule has 2 aromatic carbocycles. The zero-order valence-electron chi connectivity index (χ0n) is 22.2. The Morgan fingerprint density at radius 3 is 2.30 bits per heavy atom. The number of piperazine rings is 1. The number of nitrogens with one attached hydrogen (secondary N) is 2. The summed E-state index contributed by atoms with van der Waals surface area (Å²) in [5.74, 6) is 1.17. The monoisotopic (exact) mass is 508 g/mol. The van der Waals surface area contributed by atoms with E-state index in [0.29, 0.717) is 35.9 Å². The van der Waals surface area contributed by atoms with E-state index >= 15 is 0 Å². The molecule has 1 fully saturated rings. The first-order chi connectivity index (χ1) is 17.8. The highest BCUT2D eigenvalue weighted by atomic mass is 16.5. The van der Waals surface area contributed by atoms with Gasteiger partial charge < -0.3 is 25.0 Å². The molecule has 1 saturated heterocycles. The molecule has 0 unspecified atom stereocenters. The summed E-state index contributed by atoms with van der Waals surface area (Å²) in [4.78, 5) is 29.7. The van der Waals surface area contributed by atoms with Crippen LogP contribution in [0.3, 0.4) is 0 Å². The van der Waals surface area contributed by atoms with Crippen LogP contribution in [0.1, 0.15) is 23.6 Å². The molecule has 0 spiro atoms. The standard InChI is InChI=1S/C27H36N6O4/c1-18-14-20-15-23(36-4)24(37-5)16-22(20)26(30-33(18)27(35)28-2)19-6-8-21(9-7-19)29-25(34)17-32-12-10-31(3)11-13-32/h6-9,15-16,18H,10-14,17H2,1-5H3,(H,28,35)(H,29,34)/t18-/m1/s1. The van der Waals surface area contributed by atoms with E-state index in [1.54, 1.807) is 21.3 Å². The van der Waals surface area contributed by atoms with Gasteiger partial charge in [0.25, 0.3) is 0 Å². The second kappa shape index (κ2) is 11.6. The molecule has 2 heterocycles. The summed E-state index contributed by atoms with van der Waals surface area (Å²) in [6.07, 6.45) is 0.594. The van der Waals surface area contributed by atoms with Crippen molar-refractivity contribution >= 4 is 23.3 Å². The molecule has 1 atom stereocenters. The van der Waals surface area contributed by atoms with Gasteiger partial charge in [0, 0.05) is 50.0 Å². The van der Waals surface area contributed by atoms with Crippen LogP contribution in [0.2, 0.25) is 0 Å². The summed E-state index contributed by atoms with van der Waals surface area (Å²) in [5.41, 5.74) is 4.02. The van der Waals surface area contributed by atoms with Crippen molar-refractivity contribution in [2.75, 3.05) is 66.4 Å². The van der Waals surface area contributed by atoms with Crippen molar-refractivity contribution in [3.63, 3.8) is 0 Å². The summed E-state index contributed by atoms with van der Waals surface area (Å²) in [6.45, 7) is 6.03. The number of hydrazone groups is 1. The van der Waals surface area contributed by atoms with E-state index < -0.39 is 0 Å². The molecule has 10 heteroatoms. The Bertz CT molecular complexity index is 1160. The van der Waals surface area contributed by atoms with Crippen molar-refractivity contribution < 1.29 is 19.1 Å². The van der Waals surface area contributed by atoms with E-state index in [2.05, 4.69) is 27.5 Å². The molecule has 2 N–H and O–H groups in total. The first kappa shape index (κ1) is 26.4. The van der Waals surface area contributed by atoms with Crippen LogP contribution in [-0.4, -0.2) is 99.5 Å². The van der Waals surface area contributed by atoms with Crippen LogP contribution < -0.4 is 20.1 Å². The Morgan fingerprint density at radius 1 is 1.03 bits per heavy atom. The molecule has 37 heavy (non-hydrogen) atoms. The topological polar surface area (TPSA) is 98.7 Å². The van der Waals surface area contributed by atoms with Crippen molar-refractivity contribution in [1.29, 1.82) is 0 Å². The number of nitrogens with zero attached hydrogens (tertiary/aromatic N) is 4. The van der Waals surface area contributed by atoms with Crippen LogP contribution in [0.15, 0.2) is 41.5 Å². The molecule has 2 aliphatic rings. The van der Waals surface area contributed by atoms with Gasteiger partial charge in [-0.25, -0.2) is 9.80 Å². The average Bonchev–Trinajstić information content (AvgIpc) is 3.04. The fourth-order valence-electron chi connectivity index (χ4n) is 4.67. The lowest BCUT2D eigenvalue weighted by Crippen LogP contribution is -2.47. The van der Waals surface area contributed by atoms with Crippen LogP contribution in [0.5, 0.6) is 11.5 Å². The van der Waals surface area contributed by atoms with Crippen LogP contribution >= 0.6 is 0 Å². The van der Waals surface area contributed by atoms with Gasteiger partial charge in [-0.3, -0.25) is 9.69 Å². The van der Waals surface area contributed by atoms with E-state index in [0.717, 1.165) is 42.9 Å². The third-order valence-corrected chi connectivity index (χ3v) is 6.83. The van der Waals surface area contributed by atoms with Gasteiger partial charge in [0.05, 0.1) is 32.5 Å². The molecule has 2 aromatic rings. The van der Waals surface area contributed by atoms with E-state index in [-0.39, 0.29) is 18.0 Å². The number of carbonyl (C=O) groups excluding carboxylic acids is 2. The van der Waals surface area contributed by atoms with E-state index in [9.17, 15) is 9.59 Å². The highest BCUT2D eigenvalue weighted by molar-refractivity contribution is 6.14. The van der Waals surface area contributed by atoms with Crippen LogP contribution in [0.25, 0.3) is 0 Å². The van der Waals surface area contributed by atoms with Gasteiger partial charge in [0.15, 0.2) is 11.5 Å². The summed E-state index contributed by atoms with van der Waals surface area (Å²) >= 11 is 0. The van der Waals surface area contributed by atoms with Crippen LogP contribution in [-0.2, 0) is 11.2 Å². The number of carbonyl (C=O) groups is 2. The molecule has 0 radical (unpaired) electrons. The minimum atomic E-state index is -0.287. The Balaban J connectivity index is 1.61. The maximum absolute atomic E-state index is 12.7. The Morgan fingerprint density at radius 2 is 1.68 bits per heavy atom. The summed E-state index contributed by atoms with van der Waals surface area (Å²) in [6, 6.07) is 10.9. The fourth-order valence-corrected chi connectivity index (χ4v) is 4.67.